The molecule has 0 aliphatic carbocycles. The van der Waals surface area contributed by atoms with Crippen molar-refractivity contribution in [2.75, 3.05) is 11.9 Å². The van der Waals surface area contributed by atoms with Crippen molar-refractivity contribution in [3.8, 4) is 0 Å². The van der Waals surface area contributed by atoms with Crippen molar-refractivity contribution in [2.24, 2.45) is 0 Å². The van der Waals surface area contributed by atoms with Crippen molar-refractivity contribution < 1.29 is 9.31 Å². The molecule has 5 nitrogen and oxygen atoms in total. The minimum atomic E-state index is -0.457. The van der Waals surface area contributed by atoms with E-state index in [1.54, 1.807) is 26.0 Å². The van der Waals surface area contributed by atoms with Crippen molar-refractivity contribution in [1.82, 2.24) is 4.98 Å². The van der Waals surface area contributed by atoms with Gasteiger partial charge in [-0.25, -0.2) is 9.37 Å². The summed E-state index contributed by atoms with van der Waals surface area (Å²) in [6.45, 7) is 3.86. The molecule has 0 saturated heterocycles. The van der Waals surface area contributed by atoms with Crippen LogP contribution in [0.25, 0.3) is 0 Å². The molecule has 1 heterocycles. The van der Waals surface area contributed by atoms with Gasteiger partial charge in [0.05, 0.1) is 4.92 Å². The largest absolute Gasteiger partial charge is 0.355 e. The van der Waals surface area contributed by atoms with E-state index in [4.69, 9.17) is 0 Å². The molecule has 0 spiro atoms. The van der Waals surface area contributed by atoms with Crippen molar-refractivity contribution in [3.05, 3.63) is 63.1 Å². The Morgan fingerprint density at radius 3 is 2.57 bits per heavy atom. The third-order valence-electron chi connectivity index (χ3n) is 3.31. The quantitative estimate of drug-likeness (QED) is 0.639. The summed E-state index contributed by atoms with van der Waals surface area (Å²) in [5, 5.41) is 10.8. The van der Waals surface area contributed by atoms with E-state index in [9.17, 15) is 14.5 Å². The normalized spacial score (nSPS) is 10.5. The number of rotatable bonds is 4. The number of hydrogen-bond donors (Lipinski definition) is 0. The number of aromatic nitrogens is 1. The van der Waals surface area contributed by atoms with E-state index in [1.165, 1.54) is 12.3 Å². The Bertz CT molecular complexity index is 689. The summed E-state index contributed by atoms with van der Waals surface area (Å²) in [5.74, 6) is 0.368. The first-order valence-electron chi connectivity index (χ1n) is 6.45. The molecule has 21 heavy (non-hydrogen) atoms. The number of anilines is 1. The van der Waals surface area contributed by atoms with Gasteiger partial charge < -0.3 is 4.90 Å². The Hall–Kier alpha value is -2.50. The Labute approximate surface area is 122 Å². The van der Waals surface area contributed by atoms with Crippen molar-refractivity contribution in [2.45, 2.75) is 20.4 Å². The molecule has 0 radical (unpaired) electrons. The summed E-state index contributed by atoms with van der Waals surface area (Å²) < 4.78 is 13.5. The number of benzene rings is 1. The standard InChI is InChI=1S/C15H16FN3O2/c1-10-4-5-12(7-13(10)16)9-18(3)15-6-11(2)14(8-17-15)19(20)21/h4-8H,9H2,1-3H3. The van der Waals surface area contributed by atoms with Crippen molar-refractivity contribution in [1.29, 1.82) is 0 Å². The van der Waals surface area contributed by atoms with Gasteiger partial charge in [-0.3, -0.25) is 10.1 Å². The Morgan fingerprint density at radius 1 is 1.29 bits per heavy atom. The van der Waals surface area contributed by atoms with Crippen LogP contribution in [0.15, 0.2) is 30.5 Å². The van der Waals surface area contributed by atoms with Crippen LogP contribution in [0.3, 0.4) is 0 Å². The number of halogens is 1. The van der Waals surface area contributed by atoms with Crippen LogP contribution in [0.1, 0.15) is 16.7 Å². The molecule has 6 heteroatoms. The molecular formula is C15H16FN3O2. The van der Waals surface area contributed by atoms with E-state index in [1.807, 2.05) is 18.0 Å². The van der Waals surface area contributed by atoms with E-state index in [0.29, 0.717) is 23.5 Å². The van der Waals surface area contributed by atoms with Crippen LogP contribution < -0.4 is 4.90 Å². The first kappa shape index (κ1) is 14.9. The van der Waals surface area contributed by atoms with E-state index in [0.717, 1.165) is 5.56 Å². The first-order valence-corrected chi connectivity index (χ1v) is 6.45. The van der Waals surface area contributed by atoms with Crippen molar-refractivity contribution >= 4 is 11.5 Å². The van der Waals surface area contributed by atoms with Gasteiger partial charge in [0, 0.05) is 19.2 Å². The lowest BCUT2D eigenvalue weighted by atomic mass is 10.1. The molecule has 0 atom stereocenters. The maximum atomic E-state index is 13.5. The fourth-order valence-corrected chi connectivity index (χ4v) is 2.02. The lowest BCUT2D eigenvalue weighted by Gasteiger charge is -2.18. The van der Waals surface area contributed by atoms with E-state index >= 15 is 0 Å². The highest BCUT2D eigenvalue weighted by molar-refractivity contribution is 5.48. The van der Waals surface area contributed by atoms with Gasteiger partial charge in [-0.2, -0.15) is 0 Å². The highest BCUT2D eigenvalue weighted by Crippen LogP contribution is 2.22. The van der Waals surface area contributed by atoms with Crippen LogP contribution >= 0.6 is 0 Å². The molecule has 0 bridgehead atoms. The molecule has 0 aliphatic heterocycles. The molecule has 1 aromatic carbocycles. The third-order valence-corrected chi connectivity index (χ3v) is 3.31. The topological polar surface area (TPSA) is 59.3 Å². The number of hydrogen-bond acceptors (Lipinski definition) is 4. The van der Waals surface area contributed by atoms with Crippen LogP contribution in [0, 0.1) is 29.8 Å². The van der Waals surface area contributed by atoms with Gasteiger partial charge in [0.1, 0.15) is 17.8 Å². The number of nitrogens with zero attached hydrogens (tertiary/aromatic N) is 3. The van der Waals surface area contributed by atoms with Gasteiger partial charge in [0.25, 0.3) is 5.69 Å². The smallest absolute Gasteiger partial charge is 0.290 e. The van der Waals surface area contributed by atoms with Crippen LogP contribution in [-0.2, 0) is 6.54 Å². The number of nitro groups is 1. The summed E-state index contributed by atoms with van der Waals surface area (Å²) in [5.41, 5.74) is 1.96. The van der Waals surface area contributed by atoms with Crippen molar-refractivity contribution in [3.63, 3.8) is 0 Å². The monoisotopic (exact) mass is 289 g/mol. The molecule has 0 amide bonds. The molecule has 0 fully saturated rings. The van der Waals surface area contributed by atoms with E-state index < -0.39 is 4.92 Å². The maximum Gasteiger partial charge on any atom is 0.290 e. The minimum Gasteiger partial charge on any atom is -0.355 e. The SMILES string of the molecule is Cc1ccc(CN(C)c2cc(C)c([N+](=O)[O-])cn2)cc1F. The zero-order chi connectivity index (χ0) is 15.6. The van der Waals surface area contributed by atoms with Gasteiger partial charge in [0.2, 0.25) is 0 Å². The van der Waals surface area contributed by atoms with Gasteiger partial charge >= 0.3 is 0 Å². The average Bonchev–Trinajstić information content (AvgIpc) is 2.42. The van der Waals surface area contributed by atoms with Crippen LogP contribution in [0.4, 0.5) is 15.9 Å². The van der Waals surface area contributed by atoms with Gasteiger partial charge in [-0.05, 0) is 37.1 Å². The summed E-state index contributed by atoms with van der Waals surface area (Å²) in [6.07, 6.45) is 1.25. The molecule has 1 aromatic heterocycles. The zero-order valence-electron chi connectivity index (χ0n) is 12.1. The number of aryl methyl sites for hydroxylation is 2. The molecule has 0 unspecified atom stereocenters. The summed E-state index contributed by atoms with van der Waals surface area (Å²) in [4.78, 5) is 16.2. The van der Waals surface area contributed by atoms with Gasteiger partial charge in [-0.1, -0.05) is 12.1 Å². The molecule has 0 N–H and O–H groups in total. The van der Waals surface area contributed by atoms with Gasteiger partial charge in [0.15, 0.2) is 0 Å². The Kier molecular flexibility index (Phi) is 4.16. The molecular weight excluding hydrogens is 273 g/mol. The second-order valence-corrected chi connectivity index (χ2v) is 5.03. The molecule has 0 saturated carbocycles. The zero-order valence-corrected chi connectivity index (χ0v) is 12.1. The summed E-state index contributed by atoms with van der Waals surface area (Å²) in [6, 6.07) is 6.73. The fraction of sp³-hybridized carbons (Fsp3) is 0.267. The lowest BCUT2D eigenvalue weighted by Crippen LogP contribution is -2.18. The Balaban J connectivity index is 2.20. The molecule has 0 aliphatic rings. The summed E-state index contributed by atoms with van der Waals surface area (Å²) >= 11 is 0. The molecule has 2 rings (SSSR count). The highest BCUT2D eigenvalue weighted by Gasteiger charge is 2.13. The lowest BCUT2D eigenvalue weighted by molar-refractivity contribution is -0.385. The van der Waals surface area contributed by atoms with Crippen LogP contribution in [0.2, 0.25) is 0 Å². The average molecular weight is 289 g/mol. The highest BCUT2D eigenvalue weighted by atomic mass is 19.1. The first-order chi connectivity index (χ1) is 9.88. The minimum absolute atomic E-state index is 0.00599. The third kappa shape index (κ3) is 3.34. The predicted octanol–water partition coefficient (Wildman–Crippen LogP) is 3.38. The van der Waals surface area contributed by atoms with E-state index in [-0.39, 0.29) is 11.5 Å². The van der Waals surface area contributed by atoms with Crippen LogP contribution in [-0.4, -0.2) is 17.0 Å². The predicted molar refractivity (Wildman–Crippen MR) is 78.9 cm³/mol. The molecule has 2 aromatic rings. The second-order valence-electron chi connectivity index (χ2n) is 5.03. The number of pyridine rings is 1. The second kappa shape index (κ2) is 5.87. The summed E-state index contributed by atoms with van der Waals surface area (Å²) in [7, 11) is 1.81. The molecule has 110 valence electrons. The van der Waals surface area contributed by atoms with Gasteiger partial charge in [-0.15, -0.1) is 0 Å². The van der Waals surface area contributed by atoms with Crippen LogP contribution in [0.5, 0.6) is 0 Å². The van der Waals surface area contributed by atoms with E-state index in [2.05, 4.69) is 4.98 Å². The fourth-order valence-electron chi connectivity index (χ4n) is 2.02. The Morgan fingerprint density at radius 2 is 2.00 bits per heavy atom. The maximum absolute atomic E-state index is 13.5.